The summed E-state index contributed by atoms with van der Waals surface area (Å²) >= 11 is 0. The normalized spacial score (nSPS) is 15.5. The molecule has 41 heavy (non-hydrogen) atoms. The van der Waals surface area contributed by atoms with Gasteiger partial charge in [-0.1, -0.05) is 58.2 Å². The van der Waals surface area contributed by atoms with Crippen LogP contribution >= 0.6 is 0 Å². The zero-order chi connectivity index (χ0) is 29.5. The largest absolute Gasteiger partial charge is 0.476 e. The summed E-state index contributed by atoms with van der Waals surface area (Å²) in [7, 11) is 0. The van der Waals surface area contributed by atoms with Crippen LogP contribution < -0.4 is 16.0 Å². The Labute approximate surface area is 241 Å². The van der Waals surface area contributed by atoms with E-state index in [9.17, 15) is 19.5 Å². The first-order chi connectivity index (χ1) is 19.7. The van der Waals surface area contributed by atoms with Crippen molar-refractivity contribution in [2.75, 3.05) is 0 Å². The number of nitrogens with zero attached hydrogens (tertiary/aromatic N) is 2. The smallest absolute Gasteiger partial charge is 0.358 e. The van der Waals surface area contributed by atoms with Crippen LogP contribution in [0, 0.1) is 12.8 Å². The van der Waals surface area contributed by atoms with E-state index < -0.39 is 18.1 Å². The third kappa shape index (κ3) is 7.68. The number of nitrogens with one attached hydrogen (secondary N) is 3. The number of aryl methyl sites for hydroxylation is 2. The third-order valence-electron chi connectivity index (χ3n) is 7.66. The lowest BCUT2D eigenvalue weighted by Gasteiger charge is -2.26. The molecule has 0 unspecified atom stereocenters. The van der Waals surface area contributed by atoms with Crippen LogP contribution in [0.15, 0.2) is 34.9 Å². The van der Waals surface area contributed by atoms with Gasteiger partial charge in [-0.05, 0) is 50.2 Å². The molecule has 2 atom stereocenters. The number of urea groups is 1. The molecule has 0 bridgehead atoms. The van der Waals surface area contributed by atoms with Gasteiger partial charge in [-0.3, -0.25) is 4.79 Å². The van der Waals surface area contributed by atoms with E-state index in [1.807, 2.05) is 32.0 Å². The van der Waals surface area contributed by atoms with Crippen molar-refractivity contribution in [1.82, 2.24) is 25.5 Å². The Morgan fingerprint density at radius 3 is 2.51 bits per heavy atom. The minimum absolute atomic E-state index is 0.115. The fraction of sp³-hybridized carbons (Fsp3) is 0.548. The van der Waals surface area contributed by atoms with Gasteiger partial charge in [0.25, 0.3) is 0 Å². The van der Waals surface area contributed by atoms with Gasteiger partial charge in [0, 0.05) is 36.1 Å². The predicted octanol–water partition coefficient (Wildman–Crippen LogP) is 5.49. The summed E-state index contributed by atoms with van der Waals surface area (Å²) in [5, 5.41) is 19.6. The molecule has 4 rings (SSSR count). The summed E-state index contributed by atoms with van der Waals surface area (Å²) in [5.74, 6) is -1.12. The Bertz CT molecular complexity index is 1350. The number of benzene rings is 1. The number of para-hydroxylation sites is 1. The van der Waals surface area contributed by atoms with Gasteiger partial charge >= 0.3 is 12.0 Å². The van der Waals surface area contributed by atoms with E-state index in [2.05, 4.69) is 44.7 Å². The molecule has 0 radical (unpaired) electrons. The molecule has 0 aliphatic heterocycles. The topological polar surface area (TPSA) is 138 Å². The van der Waals surface area contributed by atoms with Gasteiger partial charge in [-0.25, -0.2) is 14.6 Å². The number of carbonyl (C=O) groups is 3. The van der Waals surface area contributed by atoms with Crippen LogP contribution in [0.3, 0.4) is 0 Å². The number of hydrogen-bond acceptors (Lipinski definition) is 5. The Hall–Kier alpha value is -3.82. The lowest BCUT2D eigenvalue weighted by atomic mass is 9.96. The number of aromatic carboxylic acids is 1. The highest BCUT2D eigenvalue weighted by molar-refractivity contribution is 5.88. The molecule has 2 aromatic heterocycles. The molecule has 3 aromatic rings. The molecule has 10 nitrogen and oxygen atoms in total. The lowest BCUT2D eigenvalue weighted by molar-refractivity contribution is -0.124. The second kappa shape index (κ2) is 13.7. The van der Waals surface area contributed by atoms with Crippen molar-refractivity contribution in [3.8, 4) is 0 Å². The lowest BCUT2D eigenvalue weighted by Crippen LogP contribution is -2.53. The van der Waals surface area contributed by atoms with Crippen LogP contribution in [0.2, 0.25) is 0 Å². The van der Waals surface area contributed by atoms with E-state index in [4.69, 9.17) is 4.42 Å². The predicted molar refractivity (Wildman–Crippen MR) is 157 cm³/mol. The molecular formula is C31H43N5O5. The van der Waals surface area contributed by atoms with E-state index in [0.717, 1.165) is 55.1 Å². The Kier molecular flexibility index (Phi) is 10.1. The maximum Gasteiger partial charge on any atom is 0.358 e. The van der Waals surface area contributed by atoms with E-state index in [-0.39, 0.29) is 41.2 Å². The van der Waals surface area contributed by atoms with Gasteiger partial charge in [-0.2, -0.15) is 0 Å². The van der Waals surface area contributed by atoms with Crippen LogP contribution in [0.5, 0.6) is 0 Å². The molecule has 0 saturated heterocycles. The van der Waals surface area contributed by atoms with Gasteiger partial charge in [0.2, 0.25) is 11.8 Å². The first-order valence-electron chi connectivity index (χ1n) is 14.8. The highest BCUT2D eigenvalue weighted by Gasteiger charge is 2.30. The molecule has 1 aliphatic carbocycles. The van der Waals surface area contributed by atoms with Gasteiger partial charge in [0.1, 0.15) is 17.8 Å². The van der Waals surface area contributed by atoms with Gasteiger partial charge in [0.15, 0.2) is 5.69 Å². The Balaban J connectivity index is 1.61. The van der Waals surface area contributed by atoms with Crippen LogP contribution in [0.1, 0.15) is 99.5 Å². The number of aromatic nitrogens is 2. The van der Waals surface area contributed by atoms with Crippen LogP contribution in [-0.2, 0) is 17.8 Å². The maximum absolute atomic E-state index is 13.7. The molecule has 2 heterocycles. The minimum Gasteiger partial charge on any atom is -0.476 e. The maximum atomic E-state index is 13.7. The number of fused-ring (bicyclic) bond motifs is 1. The summed E-state index contributed by atoms with van der Waals surface area (Å²) in [6.07, 6.45) is 9.06. The summed E-state index contributed by atoms with van der Waals surface area (Å²) in [6.45, 7) is 8.50. The van der Waals surface area contributed by atoms with Crippen molar-refractivity contribution in [1.29, 1.82) is 0 Å². The van der Waals surface area contributed by atoms with Crippen molar-refractivity contribution in [3.05, 3.63) is 53.4 Å². The second-order valence-corrected chi connectivity index (χ2v) is 11.5. The molecule has 10 heteroatoms. The summed E-state index contributed by atoms with van der Waals surface area (Å²) in [5.41, 5.74) is 1.88. The fourth-order valence-corrected chi connectivity index (χ4v) is 5.70. The van der Waals surface area contributed by atoms with E-state index in [1.54, 1.807) is 6.92 Å². The second-order valence-electron chi connectivity index (χ2n) is 11.5. The summed E-state index contributed by atoms with van der Waals surface area (Å²) < 4.78 is 7.99. The van der Waals surface area contributed by atoms with Crippen LogP contribution in [0.25, 0.3) is 10.9 Å². The first-order valence-corrected chi connectivity index (χ1v) is 14.8. The molecule has 0 spiro atoms. The molecule has 222 valence electrons. The molecule has 1 fully saturated rings. The van der Waals surface area contributed by atoms with Gasteiger partial charge < -0.3 is 30.0 Å². The van der Waals surface area contributed by atoms with Gasteiger partial charge in [-0.15, -0.1) is 0 Å². The third-order valence-corrected chi connectivity index (χ3v) is 7.66. The molecule has 1 saturated carbocycles. The number of hydrogen-bond donors (Lipinski definition) is 4. The number of carbonyl (C=O) groups excluding carboxylic acids is 2. The SMILES string of the molecule is CCCn1cc(C[C@@H](NC(=O)[C@H](CC(C)C)NC(=O)NC2CCCCC2)c2nc(C(=O)O)c(C)o2)c2ccccc21. The number of carboxylic acid groups (broad SMARTS) is 1. The van der Waals surface area contributed by atoms with Crippen molar-refractivity contribution in [3.63, 3.8) is 0 Å². The average Bonchev–Trinajstić information content (AvgIpc) is 3.49. The number of carboxylic acids is 1. The van der Waals surface area contributed by atoms with E-state index in [1.165, 1.54) is 6.42 Å². The molecular weight excluding hydrogens is 522 g/mol. The number of amides is 3. The minimum atomic E-state index is -1.19. The quantitative estimate of drug-likeness (QED) is 0.229. The molecule has 1 aliphatic rings. The van der Waals surface area contributed by atoms with Crippen molar-refractivity contribution >= 4 is 28.8 Å². The highest BCUT2D eigenvalue weighted by Crippen LogP contribution is 2.28. The standard InChI is InChI=1S/C31H43N5O5/c1-5-15-36-18-21(23-13-9-10-14-26(23)36)17-25(29-35-27(30(38)39)20(4)41-29)33-28(37)24(16-19(2)3)34-31(40)32-22-11-7-6-8-12-22/h9-10,13-14,18-19,22,24-25H,5-8,11-12,15-17H2,1-4H3,(H,33,37)(H,38,39)(H2,32,34,40)/t24-,25+/m0/s1. The number of rotatable bonds is 12. The monoisotopic (exact) mass is 565 g/mol. The molecule has 1 aromatic carbocycles. The molecule has 4 N–H and O–H groups in total. The molecule has 3 amide bonds. The Morgan fingerprint density at radius 2 is 1.85 bits per heavy atom. The first kappa shape index (κ1) is 30.1. The van der Waals surface area contributed by atoms with Crippen molar-refractivity contribution in [2.24, 2.45) is 5.92 Å². The van der Waals surface area contributed by atoms with E-state index >= 15 is 0 Å². The fourth-order valence-electron chi connectivity index (χ4n) is 5.70. The zero-order valence-electron chi connectivity index (χ0n) is 24.5. The van der Waals surface area contributed by atoms with Crippen molar-refractivity contribution < 1.29 is 23.9 Å². The summed E-state index contributed by atoms with van der Waals surface area (Å²) in [6, 6.07) is 6.31. The average molecular weight is 566 g/mol. The van der Waals surface area contributed by atoms with Crippen molar-refractivity contribution in [2.45, 2.75) is 104 Å². The number of oxazole rings is 1. The van der Waals surface area contributed by atoms with Crippen LogP contribution in [-0.4, -0.2) is 44.6 Å². The van der Waals surface area contributed by atoms with E-state index in [0.29, 0.717) is 12.8 Å². The Morgan fingerprint density at radius 1 is 1.12 bits per heavy atom. The van der Waals surface area contributed by atoms with Crippen LogP contribution in [0.4, 0.5) is 4.79 Å². The van der Waals surface area contributed by atoms with Gasteiger partial charge in [0.05, 0.1) is 0 Å². The zero-order valence-corrected chi connectivity index (χ0v) is 24.5. The highest BCUT2D eigenvalue weighted by atomic mass is 16.4. The summed E-state index contributed by atoms with van der Waals surface area (Å²) in [4.78, 5) is 42.6.